The molecule has 0 unspecified atom stereocenters. The quantitative estimate of drug-likeness (QED) is 0.197. The van der Waals surface area contributed by atoms with Gasteiger partial charge in [-0.05, 0) is 6.42 Å². The zero-order valence-corrected chi connectivity index (χ0v) is 9.87. The van der Waals surface area contributed by atoms with Crippen molar-refractivity contribution in [2.24, 2.45) is 10.9 Å². The van der Waals surface area contributed by atoms with Gasteiger partial charge >= 0.3 is 0 Å². The van der Waals surface area contributed by atoms with Gasteiger partial charge in [-0.3, -0.25) is 10.1 Å². The number of nitro groups is 1. The Kier molecular flexibility index (Phi) is 4.85. The van der Waals surface area contributed by atoms with Gasteiger partial charge in [-0.1, -0.05) is 18.5 Å². The van der Waals surface area contributed by atoms with Gasteiger partial charge in [0.2, 0.25) is 5.88 Å². The molecule has 98 valence electrons. The second kappa shape index (κ2) is 6.38. The summed E-state index contributed by atoms with van der Waals surface area (Å²) in [4.78, 5) is 13.9. The maximum Gasteiger partial charge on any atom is 0.299 e. The summed E-state index contributed by atoms with van der Waals surface area (Å²) < 4.78 is 5.29. The minimum atomic E-state index is -0.657. The third kappa shape index (κ3) is 3.30. The van der Waals surface area contributed by atoms with Crippen LogP contribution in [0.15, 0.2) is 17.3 Å². The second-order valence-electron chi connectivity index (χ2n) is 3.46. The van der Waals surface area contributed by atoms with Crippen molar-refractivity contribution >= 4 is 11.5 Å². The third-order valence-corrected chi connectivity index (χ3v) is 2.14. The van der Waals surface area contributed by atoms with Gasteiger partial charge in [0.05, 0.1) is 11.5 Å². The van der Waals surface area contributed by atoms with E-state index >= 15 is 0 Å². The Bertz CT molecular complexity index is 461. The molecule has 1 aromatic heterocycles. The highest BCUT2D eigenvalue weighted by molar-refractivity contribution is 5.98. The summed E-state index contributed by atoms with van der Waals surface area (Å²) in [5.74, 6) is -0.224. The predicted octanol–water partition coefficient (Wildman–Crippen LogP) is 1.26. The molecular formula is C10H14N4O4. The third-order valence-electron chi connectivity index (χ3n) is 2.14. The van der Waals surface area contributed by atoms with Crippen molar-refractivity contribution in [3.05, 3.63) is 27.9 Å². The van der Waals surface area contributed by atoms with Crippen LogP contribution in [0.2, 0.25) is 0 Å². The Labute approximate surface area is 103 Å². The first-order valence-electron chi connectivity index (χ1n) is 5.36. The number of nitrogens with zero attached hydrogens (tertiary/aromatic N) is 3. The van der Waals surface area contributed by atoms with Crippen LogP contribution in [0, 0.1) is 10.1 Å². The van der Waals surface area contributed by atoms with Crippen LogP contribution in [0.5, 0.6) is 5.88 Å². The number of hydrogen-bond donors (Lipinski definition) is 2. The van der Waals surface area contributed by atoms with Crippen molar-refractivity contribution in [1.29, 1.82) is 0 Å². The van der Waals surface area contributed by atoms with Crippen molar-refractivity contribution < 1.29 is 14.9 Å². The number of rotatable bonds is 6. The first-order chi connectivity index (χ1) is 8.60. The van der Waals surface area contributed by atoms with Crippen LogP contribution in [0.3, 0.4) is 0 Å². The summed E-state index contributed by atoms with van der Waals surface area (Å²) in [5.41, 5.74) is 4.78. The number of oxime groups is 1. The maximum absolute atomic E-state index is 10.7. The van der Waals surface area contributed by atoms with Crippen molar-refractivity contribution in [2.75, 3.05) is 6.61 Å². The molecule has 0 aromatic carbocycles. The van der Waals surface area contributed by atoms with E-state index in [1.54, 1.807) is 0 Å². The Morgan fingerprint density at radius 3 is 2.94 bits per heavy atom. The summed E-state index contributed by atoms with van der Waals surface area (Å²) >= 11 is 0. The number of amidine groups is 1. The molecule has 1 rings (SSSR count). The average Bonchev–Trinajstić information content (AvgIpc) is 2.37. The van der Waals surface area contributed by atoms with E-state index in [2.05, 4.69) is 10.1 Å². The summed E-state index contributed by atoms with van der Waals surface area (Å²) in [6.07, 6.45) is 1.80. The van der Waals surface area contributed by atoms with Crippen LogP contribution in [0.1, 0.15) is 25.5 Å². The maximum atomic E-state index is 10.7. The van der Waals surface area contributed by atoms with Crippen LogP contribution >= 0.6 is 0 Å². The lowest BCUT2D eigenvalue weighted by atomic mass is 10.3. The van der Waals surface area contributed by atoms with Gasteiger partial charge in [0.1, 0.15) is 0 Å². The molecule has 1 heterocycles. The van der Waals surface area contributed by atoms with Crippen molar-refractivity contribution in [3.8, 4) is 5.88 Å². The molecule has 0 saturated heterocycles. The zero-order valence-electron chi connectivity index (χ0n) is 9.87. The Morgan fingerprint density at radius 1 is 1.67 bits per heavy atom. The lowest BCUT2D eigenvalue weighted by molar-refractivity contribution is -0.385. The van der Waals surface area contributed by atoms with Crippen LogP contribution in [0.25, 0.3) is 0 Å². The SMILES string of the molecule is CCCCOc1ccc([N+](=O)[O-])c(/C(N)=N/O)n1. The lowest BCUT2D eigenvalue weighted by Gasteiger charge is -2.06. The fourth-order valence-electron chi connectivity index (χ4n) is 1.22. The van der Waals surface area contributed by atoms with Gasteiger partial charge in [0.25, 0.3) is 5.69 Å². The van der Waals surface area contributed by atoms with E-state index in [9.17, 15) is 10.1 Å². The number of hydrogen-bond acceptors (Lipinski definition) is 6. The first-order valence-corrected chi connectivity index (χ1v) is 5.36. The second-order valence-corrected chi connectivity index (χ2v) is 3.46. The van der Waals surface area contributed by atoms with Gasteiger partial charge in [0.15, 0.2) is 11.5 Å². The number of nitrogens with two attached hydrogens (primary N) is 1. The molecule has 0 aliphatic rings. The van der Waals surface area contributed by atoms with Gasteiger partial charge in [-0.15, -0.1) is 0 Å². The van der Waals surface area contributed by atoms with E-state index < -0.39 is 10.8 Å². The molecule has 3 N–H and O–H groups in total. The fourth-order valence-corrected chi connectivity index (χ4v) is 1.22. The van der Waals surface area contributed by atoms with Gasteiger partial charge in [-0.2, -0.15) is 0 Å². The van der Waals surface area contributed by atoms with Crippen LogP contribution in [-0.4, -0.2) is 27.6 Å². The highest BCUT2D eigenvalue weighted by Crippen LogP contribution is 2.20. The number of aromatic nitrogens is 1. The lowest BCUT2D eigenvalue weighted by Crippen LogP contribution is -2.17. The van der Waals surface area contributed by atoms with Crippen molar-refractivity contribution in [3.63, 3.8) is 0 Å². The molecule has 1 aromatic rings. The molecular weight excluding hydrogens is 240 g/mol. The van der Waals surface area contributed by atoms with Crippen LogP contribution < -0.4 is 10.5 Å². The fraction of sp³-hybridized carbons (Fsp3) is 0.400. The summed E-state index contributed by atoms with van der Waals surface area (Å²) in [5, 5.41) is 22.0. The van der Waals surface area contributed by atoms with Gasteiger partial charge in [0, 0.05) is 12.1 Å². The first kappa shape index (κ1) is 13.7. The Morgan fingerprint density at radius 2 is 2.39 bits per heavy atom. The van der Waals surface area contributed by atoms with E-state index in [4.69, 9.17) is 15.7 Å². The summed E-state index contributed by atoms with van der Waals surface area (Å²) in [6.45, 7) is 2.46. The summed E-state index contributed by atoms with van der Waals surface area (Å²) in [7, 11) is 0. The Balaban J connectivity index is 3.02. The van der Waals surface area contributed by atoms with E-state index in [1.165, 1.54) is 12.1 Å². The number of ether oxygens (including phenoxy) is 1. The normalized spacial score (nSPS) is 11.3. The standard InChI is InChI=1S/C10H14N4O4/c1-2-3-6-18-8-5-4-7(14(16)17)9(12-8)10(11)13-15/h4-5,15H,2-3,6H2,1H3,(H2,11,13). The molecule has 0 aliphatic heterocycles. The largest absolute Gasteiger partial charge is 0.478 e. The molecule has 0 amide bonds. The van der Waals surface area contributed by atoms with Gasteiger partial charge in [-0.25, -0.2) is 4.98 Å². The van der Waals surface area contributed by atoms with E-state index in [1.807, 2.05) is 6.92 Å². The smallest absolute Gasteiger partial charge is 0.299 e. The minimum Gasteiger partial charge on any atom is -0.478 e. The molecule has 0 atom stereocenters. The van der Waals surface area contributed by atoms with Crippen molar-refractivity contribution in [1.82, 2.24) is 4.98 Å². The highest BCUT2D eigenvalue weighted by atomic mass is 16.6. The number of pyridine rings is 1. The molecule has 0 radical (unpaired) electrons. The molecule has 0 fully saturated rings. The zero-order chi connectivity index (χ0) is 13.5. The molecule has 0 saturated carbocycles. The molecule has 0 bridgehead atoms. The van der Waals surface area contributed by atoms with E-state index in [0.29, 0.717) is 6.61 Å². The van der Waals surface area contributed by atoms with Crippen molar-refractivity contribution in [2.45, 2.75) is 19.8 Å². The highest BCUT2D eigenvalue weighted by Gasteiger charge is 2.20. The monoisotopic (exact) mass is 254 g/mol. The molecule has 8 nitrogen and oxygen atoms in total. The Hall–Kier alpha value is -2.38. The minimum absolute atomic E-state index is 0.204. The van der Waals surface area contributed by atoms with Gasteiger partial charge < -0.3 is 15.7 Å². The molecule has 0 aliphatic carbocycles. The van der Waals surface area contributed by atoms with Crippen LogP contribution in [0.4, 0.5) is 5.69 Å². The summed E-state index contributed by atoms with van der Waals surface area (Å²) in [6, 6.07) is 2.59. The molecule has 8 heteroatoms. The van der Waals surface area contributed by atoms with E-state index in [0.717, 1.165) is 12.8 Å². The molecule has 18 heavy (non-hydrogen) atoms. The van der Waals surface area contributed by atoms with Crippen LogP contribution in [-0.2, 0) is 0 Å². The molecule has 0 spiro atoms. The number of unbranched alkanes of at least 4 members (excludes halogenated alkanes) is 1. The predicted molar refractivity (Wildman–Crippen MR) is 63.8 cm³/mol. The topological polar surface area (TPSA) is 124 Å². The average molecular weight is 254 g/mol. The van der Waals surface area contributed by atoms with E-state index in [-0.39, 0.29) is 17.3 Å².